The fraction of sp³-hybridized carbons (Fsp3) is 0.400. The van der Waals surface area contributed by atoms with Gasteiger partial charge in [-0.3, -0.25) is 4.79 Å². The number of hydrogen-bond donors (Lipinski definition) is 1. The number of anilines is 1. The highest BCUT2D eigenvalue weighted by atomic mass is 32.2. The van der Waals surface area contributed by atoms with Crippen LogP contribution >= 0.6 is 11.8 Å². The van der Waals surface area contributed by atoms with E-state index in [0.717, 1.165) is 29.4 Å². The lowest BCUT2D eigenvalue weighted by atomic mass is 10.1. The number of fused-ring (bicyclic) bond motifs is 1. The van der Waals surface area contributed by atoms with Crippen LogP contribution in [0.15, 0.2) is 29.4 Å². The molecule has 0 unspecified atom stereocenters. The molecule has 0 fully saturated rings. The van der Waals surface area contributed by atoms with Crippen LogP contribution in [0.2, 0.25) is 0 Å². The highest BCUT2D eigenvalue weighted by Crippen LogP contribution is 2.35. The van der Waals surface area contributed by atoms with Crippen molar-refractivity contribution in [1.29, 1.82) is 0 Å². The molecule has 2 N–H and O–H groups in total. The highest BCUT2D eigenvalue weighted by Gasteiger charge is 2.39. The molecule has 0 bridgehead atoms. The van der Waals surface area contributed by atoms with Crippen LogP contribution in [0.1, 0.15) is 25.2 Å². The molecule has 25 heavy (non-hydrogen) atoms. The summed E-state index contributed by atoms with van der Waals surface area (Å²) in [5.74, 6) is 3.92. The number of aromatic nitrogens is 3. The number of benzene rings is 1. The van der Waals surface area contributed by atoms with Crippen molar-refractivity contribution in [2.75, 3.05) is 10.7 Å². The third kappa shape index (κ3) is 3.17. The molecule has 0 aliphatic carbocycles. The molecule has 1 aliphatic rings. The van der Waals surface area contributed by atoms with E-state index in [9.17, 15) is 18.0 Å². The van der Waals surface area contributed by atoms with Crippen LogP contribution in [0.5, 0.6) is 0 Å². The van der Waals surface area contributed by atoms with Crippen molar-refractivity contribution in [3.63, 3.8) is 0 Å². The van der Waals surface area contributed by atoms with Gasteiger partial charge in [-0.25, -0.2) is 4.68 Å². The van der Waals surface area contributed by atoms with E-state index < -0.39 is 17.3 Å². The lowest BCUT2D eigenvalue weighted by Crippen LogP contribution is -2.40. The second-order valence-electron chi connectivity index (χ2n) is 5.82. The van der Waals surface area contributed by atoms with E-state index in [1.54, 1.807) is 11.8 Å². The van der Waals surface area contributed by atoms with Crippen LogP contribution in [0.25, 0.3) is 0 Å². The second kappa shape index (κ2) is 6.25. The highest BCUT2D eigenvalue weighted by molar-refractivity contribution is 8.00. The van der Waals surface area contributed by atoms with Crippen molar-refractivity contribution in [2.24, 2.45) is 0 Å². The number of carbonyl (C=O) groups excluding carboxylic acids is 1. The predicted octanol–water partition coefficient (Wildman–Crippen LogP) is 2.47. The molecular formula is C15H16F3N5OS. The normalized spacial score (nSPS) is 18.3. The first-order chi connectivity index (χ1) is 11.7. The molecule has 1 aliphatic heterocycles. The first-order valence-corrected chi connectivity index (χ1v) is 8.43. The number of para-hydroxylation sites is 1. The maximum absolute atomic E-state index is 12.8. The molecule has 0 radical (unpaired) electrons. The molecule has 1 aromatic carbocycles. The third-order valence-corrected chi connectivity index (χ3v) is 5.04. The van der Waals surface area contributed by atoms with E-state index >= 15 is 0 Å². The predicted molar refractivity (Wildman–Crippen MR) is 87.6 cm³/mol. The van der Waals surface area contributed by atoms with Gasteiger partial charge in [-0.1, -0.05) is 30.0 Å². The van der Waals surface area contributed by atoms with E-state index in [4.69, 9.17) is 5.84 Å². The summed E-state index contributed by atoms with van der Waals surface area (Å²) >= 11 is 0.852. The SMILES string of the molecule is C[C@@H](Sc1nnc(C(F)(F)F)n1N)C(=O)N1c2ccccc2C[C@@H]1C. The number of hydrogen-bond acceptors (Lipinski definition) is 5. The molecule has 2 aromatic rings. The van der Waals surface area contributed by atoms with Gasteiger partial charge < -0.3 is 10.7 Å². The zero-order valence-electron chi connectivity index (χ0n) is 13.5. The average molecular weight is 371 g/mol. The Morgan fingerprint density at radius 1 is 1.36 bits per heavy atom. The number of nitrogen functional groups attached to an aromatic ring is 1. The van der Waals surface area contributed by atoms with Crippen LogP contribution in [0.3, 0.4) is 0 Å². The third-order valence-electron chi connectivity index (χ3n) is 3.99. The maximum Gasteiger partial charge on any atom is 0.453 e. The van der Waals surface area contributed by atoms with Gasteiger partial charge in [-0.05, 0) is 31.9 Å². The van der Waals surface area contributed by atoms with Gasteiger partial charge in [0.2, 0.25) is 11.1 Å². The van der Waals surface area contributed by atoms with Crippen molar-refractivity contribution in [3.05, 3.63) is 35.7 Å². The lowest BCUT2D eigenvalue weighted by molar-refractivity contribution is -0.146. The molecule has 6 nitrogen and oxygen atoms in total. The fourth-order valence-corrected chi connectivity index (χ4v) is 3.68. The van der Waals surface area contributed by atoms with Crippen molar-refractivity contribution in [1.82, 2.24) is 14.9 Å². The maximum atomic E-state index is 12.8. The van der Waals surface area contributed by atoms with Crippen LogP contribution in [0.4, 0.5) is 18.9 Å². The first kappa shape index (κ1) is 17.6. The molecule has 10 heteroatoms. The molecule has 2 heterocycles. The number of alkyl halides is 3. The molecule has 0 spiro atoms. The summed E-state index contributed by atoms with van der Waals surface area (Å²) in [5, 5.41) is 5.70. The van der Waals surface area contributed by atoms with Crippen LogP contribution in [0, 0.1) is 0 Å². The van der Waals surface area contributed by atoms with Gasteiger partial charge >= 0.3 is 6.18 Å². The molecule has 3 rings (SSSR count). The number of nitrogens with zero attached hydrogens (tertiary/aromatic N) is 4. The molecule has 0 saturated heterocycles. The zero-order chi connectivity index (χ0) is 18.4. The van der Waals surface area contributed by atoms with Gasteiger partial charge in [0.15, 0.2) is 0 Å². The number of amides is 1. The van der Waals surface area contributed by atoms with Crippen molar-refractivity contribution in [2.45, 2.75) is 42.9 Å². The quantitative estimate of drug-likeness (QED) is 0.663. The van der Waals surface area contributed by atoms with E-state index in [1.165, 1.54) is 0 Å². The Labute approximate surface area is 146 Å². The Balaban J connectivity index is 1.79. The largest absolute Gasteiger partial charge is 0.453 e. The molecule has 2 atom stereocenters. The van der Waals surface area contributed by atoms with Gasteiger partial charge in [0.1, 0.15) is 0 Å². The van der Waals surface area contributed by atoms with Crippen LogP contribution in [-0.4, -0.2) is 32.1 Å². The smallest absolute Gasteiger partial charge is 0.335 e. The molecule has 134 valence electrons. The Kier molecular flexibility index (Phi) is 4.40. The summed E-state index contributed by atoms with van der Waals surface area (Å²) in [6, 6.07) is 7.56. The Morgan fingerprint density at radius 3 is 2.68 bits per heavy atom. The molecular weight excluding hydrogens is 355 g/mol. The second-order valence-corrected chi connectivity index (χ2v) is 7.13. The lowest BCUT2D eigenvalue weighted by Gasteiger charge is -2.25. The molecule has 1 amide bonds. The van der Waals surface area contributed by atoms with Gasteiger partial charge in [-0.15, -0.1) is 10.2 Å². The Hall–Kier alpha value is -2.23. The van der Waals surface area contributed by atoms with Crippen molar-refractivity contribution in [3.8, 4) is 0 Å². The minimum absolute atomic E-state index is 0.0190. The number of thioether (sulfide) groups is 1. The monoisotopic (exact) mass is 371 g/mol. The number of nitrogens with two attached hydrogens (primary N) is 1. The molecule has 0 saturated carbocycles. The summed E-state index contributed by atoms with van der Waals surface area (Å²) in [5.41, 5.74) is 1.90. The molecule has 1 aromatic heterocycles. The van der Waals surface area contributed by atoms with Gasteiger partial charge in [0.25, 0.3) is 5.82 Å². The summed E-state index contributed by atoms with van der Waals surface area (Å²) in [6.07, 6.45) is -3.96. The van der Waals surface area contributed by atoms with Gasteiger partial charge in [0.05, 0.1) is 5.25 Å². The number of carbonyl (C=O) groups is 1. The Bertz CT molecular complexity index is 807. The Morgan fingerprint density at radius 2 is 2.04 bits per heavy atom. The van der Waals surface area contributed by atoms with E-state index in [2.05, 4.69) is 10.2 Å². The van der Waals surface area contributed by atoms with E-state index in [1.807, 2.05) is 31.2 Å². The van der Waals surface area contributed by atoms with E-state index in [-0.39, 0.29) is 17.1 Å². The minimum atomic E-state index is -4.70. The number of rotatable bonds is 3. The summed E-state index contributed by atoms with van der Waals surface area (Å²) in [4.78, 5) is 14.5. The zero-order valence-corrected chi connectivity index (χ0v) is 14.3. The van der Waals surface area contributed by atoms with Crippen molar-refractivity contribution >= 4 is 23.4 Å². The topological polar surface area (TPSA) is 77.0 Å². The minimum Gasteiger partial charge on any atom is -0.335 e. The van der Waals surface area contributed by atoms with Crippen LogP contribution in [-0.2, 0) is 17.4 Å². The standard InChI is InChI=1S/C15H16F3N5OS/c1-8-7-10-5-3-4-6-11(10)22(8)12(24)9(2)25-14-21-20-13(23(14)19)15(16,17)18/h3-6,8-9H,7,19H2,1-2H3/t8-,9+/m0/s1. The first-order valence-electron chi connectivity index (χ1n) is 7.55. The fourth-order valence-electron chi connectivity index (χ4n) is 2.86. The summed E-state index contributed by atoms with van der Waals surface area (Å²) < 4.78 is 38.6. The van der Waals surface area contributed by atoms with Crippen molar-refractivity contribution < 1.29 is 18.0 Å². The number of halogens is 3. The summed E-state index contributed by atoms with van der Waals surface area (Å²) in [6.45, 7) is 3.55. The van der Waals surface area contributed by atoms with E-state index in [0.29, 0.717) is 4.68 Å². The van der Waals surface area contributed by atoms with Gasteiger partial charge in [-0.2, -0.15) is 13.2 Å². The van der Waals surface area contributed by atoms with Gasteiger partial charge in [0, 0.05) is 11.7 Å². The average Bonchev–Trinajstić information content (AvgIpc) is 3.06. The summed E-state index contributed by atoms with van der Waals surface area (Å²) in [7, 11) is 0. The van der Waals surface area contributed by atoms with Crippen LogP contribution < -0.4 is 10.7 Å².